The molecule has 0 amide bonds. The molecule has 3 aromatic rings. The van der Waals surface area contributed by atoms with Gasteiger partial charge >= 0.3 is 0 Å². The van der Waals surface area contributed by atoms with Crippen LogP contribution in [0.15, 0.2) is 82.6 Å². The van der Waals surface area contributed by atoms with Crippen LogP contribution < -0.4 is 9.44 Å². The van der Waals surface area contributed by atoms with Crippen LogP contribution in [0.25, 0.3) is 0 Å². The van der Waals surface area contributed by atoms with Crippen molar-refractivity contribution in [1.82, 2.24) is 0 Å². The predicted molar refractivity (Wildman–Crippen MR) is 120 cm³/mol. The predicted octanol–water partition coefficient (Wildman–Crippen LogP) is 4.72. The van der Waals surface area contributed by atoms with E-state index in [2.05, 4.69) is 9.44 Å². The summed E-state index contributed by atoms with van der Waals surface area (Å²) in [6.45, 7) is 5.95. The Morgan fingerprint density at radius 2 is 0.967 bits per heavy atom. The maximum atomic E-state index is 12.6. The molecule has 0 atom stereocenters. The molecule has 0 bridgehead atoms. The Morgan fingerprint density at radius 1 is 0.600 bits per heavy atom. The highest BCUT2D eigenvalue weighted by atomic mass is 32.2. The minimum absolute atomic E-state index is 0.155. The molecule has 0 radical (unpaired) electrons. The topological polar surface area (TPSA) is 92.3 Å². The van der Waals surface area contributed by atoms with E-state index in [0.29, 0.717) is 17.3 Å². The third-order valence-corrected chi connectivity index (χ3v) is 7.37. The summed E-state index contributed by atoms with van der Waals surface area (Å²) < 4.78 is 55.1. The average molecular weight is 445 g/mol. The molecule has 30 heavy (non-hydrogen) atoms. The van der Waals surface area contributed by atoms with Crippen molar-refractivity contribution in [1.29, 1.82) is 0 Å². The first-order chi connectivity index (χ1) is 14.1. The van der Waals surface area contributed by atoms with Gasteiger partial charge in [-0.2, -0.15) is 0 Å². The van der Waals surface area contributed by atoms with E-state index in [-0.39, 0.29) is 9.79 Å². The van der Waals surface area contributed by atoms with Gasteiger partial charge in [-0.15, -0.1) is 0 Å². The number of sulfonamides is 2. The summed E-state index contributed by atoms with van der Waals surface area (Å²) in [7, 11) is -7.46. The van der Waals surface area contributed by atoms with Crippen molar-refractivity contribution >= 4 is 31.4 Å². The molecule has 0 aromatic heterocycles. The van der Waals surface area contributed by atoms with Crippen LogP contribution in [0.3, 0.4) is 0 Å². The summed E-state index contributed by atoms with van der Waals surface area (Å²) >= 11 is 0. The summed E-state index contributed by atoms with van der Waals surface area (Å²) in [5.41, 5.74) is 2.68. The van der Waals surface area contributed by atoms with Gasteiger partial charge in [0.15, 0.2) is 0 Å². The summed E-state index contributed by atoms with van der Waals surface area (Å²) in [6, 6.07) is 19.3. The molecule has 0 fully saturated rings. The van der Waals surface area contributed by atoms with E-state index in [4.69, 9.17) is 0 Å². The van der Waals surface area contributed by atoms with Crippen molar-refractivity contribution in [3.05, 3.63) is 83.9 Å². The Kier molecular flexibility index (Phi) is 6.19. The molecule has 2 N–H and O–H groups in total. The molecule has 0 saturated heterocycles. The van der Waals surface area contributed by atoms with Gasteiger partial charge in [-0.25, -0.2) is 16.8 Å². The Balaban J connectivity index is 1.73. The Hall–Kier alpha value is -2.84. The second-order valence-corrected chi connectivity index (χ2v) is 10.7. The third-order valence-electron chi connectivity index (χ3n) is 4.58. The van der Waals surface area contributed by atoms with Gasteiger partial charge in [0.05, 0.1) is 9.79 Å². The van der Waals surface area contributed by atoms with E-state index in [1.54, 1.807) is 36.4 Å². The maximum Gasteiger partial charge on any atom is 0.261 e. The lowest BCUT2D eigenvalue weighted by atomic mass is 10.0. The first-order valence-corrected chi connectivity index (χ1v) is 12.4. The highest BCUT2D eigenvalue weighted by molar-refractivity contribution is 7.93. The highest BCUT2D eigenvalue weighted by Crippen LogP contribution is 2.22. The standard InChI is InChI=1S/C22H24N2O4S2/c1-16(2)18-6-14-22(15-7-18)30(27,28)24-20-10-8-19(9-11-20)23-29(25,26)21-12-4-17(3)5-13-21/h4-16,23-24H,1-3H3. The minimum atomic E-state index is -3.74. The molecule has 0 aliphatic rings. The number of hydrogen-bond acceptors (Lipinski definition) is 4. The molecule has 158 valence electrons. The van der Waals surface area contributed by atoms with Gasteiger partial charge in [-0.3, -0.25) is 9.44 Å². The Bertz CT molecular complexity index is 1220. The van der Waals surface area contributed by atoms with Crippen molar-refractivity contribution in [2.45, 2.75) is 36.5 Å². The van der Waals surface area contributed by atoms with Gasteiger partial charge in [-0.1, -0.05) is 43.7 Å². The fourth-order valence-electron chi connectivity index (χ4n) is 2.78. The molecule has 0 aliphatic heterocycles. The van der Waals surface area contributed by atoms with Crippen LogP contribution in [0.1, 0.15) is 30.9 Å². The molecule has 8 heteroatoms. The van der Waals surface area contributed by atoms with Gasteiger partial charge in [-0.05, 0) is 66.9 Å². The van der Waals surface area contributed by atoms with E-state index in [1.807, 2.05) is 20.8 Å². The zero-order valence-corrected chi connectivity index (χ0v) is 18.6. The van der Waals surface area contributed by atoms with Crippen LogP contribution in [-0.4, -0.2) is 16.8 Å². The largest absolute Gasteiger partial charge is 0.280 e. The zero-order valence-electron chi connectivity index (χ0n) is 17.0. The van der Waals surface area contributed by atoms with Gasteiger partial charge in [0.1, 0.15) is 0 Å². The molecule has 0 heterocycles. The molecule has 3 rings (SSSR count). The first kappa shape index (κ1) is 21.9. The number of benzene rings is 3. The number of hydrogen-bond donors (Lipinski definition) is 2. The van der Waals surface area contributed by atoms with Gasteiger partial charge < -0.3 is 0 Å². The SMILES string of the molecule is Cc1ccc(S(=O)(=O)Nc2ccc(NS(=O)(=O)c3ccc(C(C)C)cc3)cc2)cc1. The lowest BCUT2D eigenvalue weighted by Gasteiger charge is -2.12. The maximum absolute atomic E-state index is 12.6. The molecule has 0 unspecified atom stereocenters. The molecular formula is C22H24N2O4S2. The van der Waals surface area contributed by atoms with Gasteiger partial charge in [0, 0.05) is 11.4 Å². The van der Waals surface area contributed by atoms with Crippen LogP contribution >= 0.6 is 0 Å². The van der Waals surface area contributed by atoms with Crippen molar-refractivity contribution in [3.63, 3.8) is 0 Å². The van der Waals surface area contributed by atoms with Gasteiger partial charge in [0.25, 0.3) is 20.0 Å². The van der Waals surface area contributed by atoms with Crippen molar-refractivity contribution in [2.75, 3.05) is 9.44 Å². The summed E-state index contributed by atoms with van der Waals surface area (Å²) in [5, 5.41) is 0. The second-order valence-electron chi connectivity index (χ2n) is 7.33. The smallest absolute Gasteiger partial charge is 0.261 e. The number of nitrogens with one attached hydrogen (secondary N) is 2. The fourth-order valence-corrected chi connectivity index (χ4v) is 4.90. The van der Waals surface area contributed by atoms with E-state index in [0.717, 1.165) is 11.1 Å². The van der Waals surface area contributed by atoms with Crippen molar-refractivity contribution < 1.29 is 16.8 Å². The fraction of sp³-hybridized carbons (Fsp3) is 0.182. The van der Waals surface area contributed by atoms with E-state index >= 15 is 0 Å². The molecule has 0 saturated carbocycles. The lowest BCUT2D eigenvalue weighted by molar-refractivity contribution is 0.599. The molecule has 6 nitrogen and oxygen atoms in total. The first-order valence-electron chi connectivity index (χ1n) is 9.39. The van der Waals surface area contributed by atoms with E-state index < -0.39 is 20.0 Å². The normalized spacial score (nSPS) is 12.0. The zero-order chi connectivity index (χ0) is 21.9. The average Bonchev–Trinajstić information content (AvgIpc) is 2.69. The van der Waals surface area contributed by atoms with E-state index in [1.165, 1.54) is 36.4 Å². The quantitative estimate of drug-likeness (QED) is 0.551. The van der Waals surface area contributed by atoms with Crippen LogP contribution in [-0.2, 0) is 20.0 Å². The number of anilines is 2. The Morgan fingerprint density at radius 3 is 1.33 bits per heavy atom. The second kappa shape index (κ2) is 8.49. The monoisotopic (exact) mass is 444 g/mol. The summed E-state index contributed by atoms with van der Waals surface area (Å²) in [4.78, 5) is 0.318. The number of rotatable bonds is 7. The minimum Gasteiger partial charge on any atom is -0.280 e. The van der Waals surface area contributed by atoms with E-state index in [9.17, 15) is 16.8 Å². The molecule has 0 aliphatic carbocycles. The highest BCUT2D eigenvalue weighted by Gasteiger charge is 2.16. The molecule has 3 aromatic carbocycles. The Labute approximate surface area is 178 Å². The molecular weight excluding hydrogens is 420 g/mol. The van der Waals surface area contributed by atoms with Crippen LogP contribution in [0, 0.1) is 6.92 Å². The lowest BCUT2D eigenvalue weighted by Crippen LogP contribution is -2.14. The van der Waals surface area contributed by atoms with Crippen LogP contribution in [0.2, 0.25) is 0 Å². The third kappa shape index (κ3) is 5.20. The summed E-state index contributed by atoms with van der Waals surface area (Å²) in [5.74, 6) is 0.311. The van der Waals surface area contributed by atoms with Crippen molar-refractivity contribution in [2.24, 2.45) is 0 Å². The van der Waals surface area contributed by atoms with Gasteiger partial charge in [0.2, 0.25) is 0 Å². The molecule has 0 spiro atoms. The van der Waals surface area contributed by atoms with Crippen molar-refractivity contribution in [3.8, 4) is 0 Å². The summed E-state index contributed by atoms with van der Waals surface area (Å²) in [6.07, 6.45) is 0. The van der Waals surface area contributed by atoms with Crippen LogP contribution in [0.4, 0.5) is 11.4 Å². The van der Waals surface area contributed by atoms with Crippen LogP contribution in [0.5, 0.6) is 0 Å². The number of aryl methyl sites for hydroxylation is 1.